The van der Waals surface area contributed by atoms with E-state index >= 15 is 0 Å². The molecular weight excluding hydrogens is 270 g/mol. The molecule has 1 nitrogen and oxygen atoms in total. The molecule has 1 aromatic rings. The van der Waals surface area contributed by atoms with Crippen LogP contribution >= 0.6 is 31.9 Å². The molecule has 0 aliphatic rings. The topological polar surface area (TPSA) is 26.0 Å². The van der Waals surface area contributed by atoms with Gasteiger partial charge in [0.05, 0.1) is 5.69 Å². The van der Waals surface area contributed by atoms with Crippen LogP contribution in [0.5, 0.6) is 0 Å². The third-order valence-corrected chi connectivity index (χ3v) is 3.44. The molecule has 3 heteroatoms. The van der Waals surface area contributed by atoms with Crippen LogP contribution < -0.4 is 5.73 Å². The molecule has 0 saturated heterocycles. The molecule has 0 unspecified atom stereocenters. The Morgan fingerprint density at radius 3 is 2.36 bits per heavy atom. The van der Waals surface area contributed by atoms with Crippen molar-refractivity contribution in [3.63, 3.8) is 0 Å². The van der Waals surface area contributed by atoms with Crippen molar-refractivity contribution in [2.45, 2.75) is 13.8 Å². The van der Waals surface area contributed by atoms with Gasteiger partial charge in [-0.05, 0) is 62.9 Å². The van der Waals surface area contributed by atoms with E-state index in [0.717, 1.165) is 14.6 Å². The Hall–Kier alpha value is -0.0200. The first kappa shape index (κ1) is 9.07. The van der Waals surface area contributed by atoms with Gasteiger partial charge in [-0.25, -0.2) is 0 Å². The fourth-order valence-corrected chi connectivity index (χ4v) is 2.19. The van der Waals surface area contributed by atoms with Gasteiger partial charge in [0.25, 0.3) is 0 Å². The molecule has 1 aromatic carbocycles. The van der Waals surface area contributed by atoms with Gasteiger partial charge in [0, 0.05) is 8.95 Å². The summed E-state index contributed by atoms with van der Waals surface area (Å²) in [4.78, 5) is 0. The maximum absolute atomic E-state index is 5.76. The van der Waals surface area contributed by atoms with Crippen LogP contribution in [0.15, 0.2) is 15.0 Å². The van der Waals surface area contributed by atoms with Crippen LogP contribution in [0.25, 0.3) is 0 Å². The largest absolute Gasteiger partial charge is 0.397 e. The molecule has 0 atom stereocenters. The Morgan fingerprint density at radius 1 is 1.27 bits per heavy atom. The molecule has 0 radical (unpaired) electrons. The lowest BCUT2D eigenvalue weighted by atomic mass is 10.1. The predicted molar refractivity (Wildman–Crippen MR) is 55.7 cm³/mol. The van der Waals surface area contributed by atoms with Gasteiger partial charge in [-0.1, -0.05) is 0 Å². The molecule has 0 heterocycles. The molecule has 11 heavy (non-hydrogen) atoms. The lowest BCUT2D eigenvalue weighted by molar-refractivity contribution is 1.31. The first-order valence-corrected chi connectivity index (χ1v) is 4.83. The highest BCUT2D eigenvalue weighted by atomic mass is 79.9. The number of nitrogen functional groups attached to an aromatic ring is 1. The zero-order valence-electron chi connectivity index (χ0n) is 6.41. The molecule has 1 rings (SSSR count). The minimum atomic E-state index is 0.771. The second-order valence-electron chi connectivity index (χ2n) is 2.53. The van der Waals surface area contributed by atoms with E-state index in [2.05, 4.69) is 38.8 Å². The third kappa shape index (κ3) is 1.59. The summed E-state index contributed by atoms with van der Waals surface area (Å²) in [7, 11) is 0. The molecular formula is C8H9Br2N. The summed E-state index contributed by atoms with van der Waals surface area (Å²) in [6.07, 6.45) is 0. The maximum atomic E-state index is 5.76. The molecule has 0 aromatic heterocycles. The molecule has 0 aliphatic heterocycles. The van der Waals surface area contributed by atoms with Gasteiger partial charge >= 0.3 is 0 Å². The number of hydrogen-bond donors (Lipinski definition) is 1. The minimum Gasteiger partial charge on any atom is -0.397 e. The summed E-state index contributed by atoms with van der Waals surface area (Å²) in [5.74, 6) is 0. The monoisotopic (exact) mass is 277 g/mol. The summed E-state index contributed by atoms with van der Waals surface area (Å²) in [5.41, 5.74) is 8.96. The Balaban J connectivity index is 3.46. The first-order valence-electron chi connectivity index (χ1n) is 3.24. The maximum Gasteiger partial charge on any atom is 0.0605 e. The van der Waals surface area contributed by atoms with Crippen molar-refractivity contribution in [1.29, 1.82) is 0 Å². The van der Waals surface area contributed by atoms with E-state index < -0.39 is 0 Å². The van der Waals surface area contributed by atoms with E-state index in [1.165, 1.54) is 11.1 Å². The van der Waals surface area contributed by atoms with Crippen LogP contribution in [-0.2, 0) is 0 Å². The average molecular weight is 279 g/mol. The van der Waals surface area contributed by atoms with Crippen LogP contribution in [0.1, 0.15) is 11.1 Å². The normalized spacial score (nSPS) is 10.2. The van der Waals surface area contributed by atoms with E-state index in [9.17, 15) is 0 Å². The number of benzene rings is 1. The fourth-order valence-electron chi connectivity index (χ4n) is 0.856. The van der Waals surface area contributed by atoms with Crippen LogP contribution in [0.4, 0.5) is 5.69 Å². The number of rotatable bonds is 0. The zero-order chi connectivity index (χ0) is 8.59. The molecule has 0 aliphatic carbocycles. The summed E-state index contributed by atoms with van der Waals surface area (Å²) in [6.45, 7) is 4.10. The molecule has 60 valence electrons. The molecule has 0 bridgehead atoms. The second-order valence-corrected chi connectivity index (χ2v) is 4.18. The Bertz CT molecular complexity index is 268. The Morgan fingerprint density at radius 2 is 1.82 bits per heavy atom. The molecule has 0 spiro atoms. The van der Waals surface area contributed by atoms with Gasteiger partial charge in [0.2, 0.25) is 0 Å². The van der Waals surface area contributed by atoms with Gasteiger partial charge in [0.15, 0.2) is 0 Å². The van der Waals surface area contributed by atoms with Crippen LogP contribution in [0.2, 0.25) is 0 Å². The SMILES string of the molecule is Cc1cc(Br)c(N)c(Br)c1C. The van der Waals surface area contributed by atoms with Crippen molar-refractivity contribution in [1.82, 2.24) is 0 Å². The summed E-state index contributed by atoms with van der Waals surface area (Å²) >= 11 is 6.80. The van der Waals surface area contributed by atoms with Gasteiger partial charge in [-0.3, -0.25) is 0 Å². The van der Waals surface area contributed by atoms with Crippen LogP contribution in [0, 0.1) is 13.8 Å². The standard InChI is InChI=1S/C8H9Br2N/c1-4-3-6(9)8(11)7(10)5(4)2/h3H,11H2,1-2H3. The predicted octanol–water partition coefficient (Wildman–Crippen LogP) is 3.41. The highest BCUT2D eigenvalue weighted by Gasteiger charge is 2.05. The van der Waals surface area contributed by atoms with E-state index in [1.807, 2.05) is 13.0 Å². The van der Waals surface area contributed by atoms with Crippen molar-refractivity contribution in [3.8, 4) is 0 Å². The Labute approximate surface area is 83.2 Å². The lowest BCUT2D eigenvalue weighted by Crippen LogP contribution is -1.93. The summed E-state index contributed by atoms with van der Waals surface area (Å²) in [5, 5.41) is 0. The van der Waals surface area contributed by atoms with E-state index in [-0.39, 0.29) is 0 Å². The average Bonchev–Trinajstić information content (AvgIpc) is 1.97. The number of nitrogens with two attached hydrogens (primary N) is 1. The first-order chi connectivity index (χ1) is 5.04. The molecule has 2 N–H and O–H groups in total. The van der Waals surface area contributed by atoms with Gasteiger partial charge in [-0.15, -0.1) is 0 Å². The summed E-state index contributed by atoms with van der Waals surface area (Å²) in [6, 6.07) is 2.02. The highest BCUT2D eigenvalue weighted by molar-refractivity contribution is 9.11. The second kappa shape index (κ2) is 3.15. The zero-order valence-corrected chi connectivity index (χ0v) is 9.58. The van der Waals surface area contributed by atoms with Crippen molar-refractivity contribution < 1.29 is 0 Å². The quantitative estimate of drug-likeness (QED) is 0.723. The fraction of sp³-hybridized carbons (Fsp3) is 0.250. The third-order valence-electron chi connectivity index (χ3n) is 1.76. The highest BCUT2D eigenvalue weighted by Crippen LogP contribution is 2.32. The van der Waals surface area contributed by atoms with Crippen molar-refractivity contribution >= 4 is 37.5 Å². The molecule has 0 saturated carbocycles. The van der Waals surface area contributed by atoms with Crippen LogP contribution in [0.3, 0.4) is 0 Å². The number of hydrogen-bond acceptors (Lipinski definition) is 1. The lowest BCUT2D eigenvalue weighted by Gasteiger charge is -2.07. The van der Waals surface area contributed by atoms with Crippen molar-refractivity contribution in [2.75, 3.05) is 5.73 Å². The smallest absolute Gasteiger partial charge is 0.0605 e. The number of anilines is 1. The van der Waals surface area contributed by atoms with E-state index in [4.69, 9.17) is 5.73 Å². The van der Waals surface area contributed by atoms with Crippen LogP contribution in [-0.4, -0.2) is 0 Å². The van der Waals surface area contributed by atoms with E-state index in [1.54, 1.807) is 0 Å². The molecule has 0 fully saturated rings. The van der Waals surface area contributed by atoms with Gasteiger partial charge < -0.3 is 5.73 Å². The van der Waals surface area contributed by atoms with Gasteiger partial charge in [-0.2, -0.15) is 0 Å². The Kier molecular flexibility index (Phi) is 2.60. The number of halogens is 2. The van der Waals surface area contributed by atoms with Crippen molar-refractivity contribution in [3.05, 3.63) is 26.1 Å². The molecule has 0 amide bonds. The number of aryl methyl sites for hydroxylation is 1. The van der Waals surface area contributed by atoms with E-state index in [0.29, 0.717) is 0 Å². The minimum absolute atomic E-state index is 0.771. The van der Waals surface area contributed by atoms with Gasteiger partial charge in [0.1, 0.15) is 0 Å². The summed E-state index contributed by atoms with van der Waals surface area (Å²) < 4.78 is 1.94. The van der Waals surface area contributed by atoms with Crippen molar-refractivity contribution in [2.24, 2.45) is 0 Å².